The second-order valence-corrected chi connectivity index (χ2v) is 5.62. The molecule has 0 fully saturated rings. The van der Waals surface area contributed by atoms with Gasteiger partial charge in [0.2, 0.25) is 0 Å². The largest absolute Gasteiger partial charge is 0.347 e. The third-order valence-electron chi connectivity index (χ3n) is 3.08. The van der Waals surface area contributed by atoms with Gasteiger partial charge in [-0.15, -0.1) is 0 Å². The first-order valence-corrected chi connectivity index (χ1v) is 8.10. The molecule has 21 heavy (non-hydrogen) atoms. The Hall–Kier alpha value is -1.92. The number of benzene rings is 1. The summed E-state index contributed by atoms with van der Waals surface area (Å²) < 4.78 is 0. The Bertz CT molecular complexity index is 639. The van der Waals surface area contributed by atoms with E-state index in [0.29, 0.717) is 0 Å². The molecule has 0 bridgehead atoms. The molecule has 2 aromatic rings. The van der Waals surface area contributed by atoms with Gasteiger partial charge >= 0.3 is 0 Å². The smallest absolute Gasteiger partial charge is 0.298 e. The van der Waals surface area contributed by atoms with Gasteiger partial charge < -0.3 is 5.73 Å². The van der Waals surface area contributed by atoms with Crippen molar-refractivity contribution >= 4 is 34.8 Å². The molecule has 2 rings (SSSR count). The van der Waals surface area contributed by atoms with Crippen molar-refractivity contribution in [3.05, 3.63) is 42.1 Å². The highest BCUT2D eigenvalue weighted by molar-refractivity contribution is 7.98. The van der Waals surface area contributed by atoms with Gasteiger partial charge in [-0.2, -0.15) is 16.9 Å². The number of hydrogen-bond donors (Lipinski definition) is 2. The molecule has 1 amide bonds. The maximum atomic E-state index is 11.8. The summed E-state index contributed by atoms with van der Waals surface area (Å²) in [6.45, 7) is 0. The topological polar surface area (TPSA) is 82.0 Å². The van der Waals surface area contributed by atoms with Gasteiger partial charge in [0.15, 0.2) is 6.04 Å². The minimum absolute atomic E-state index is 0.159. The second kappa shape index (κ2) is 7.75. The summed E-state index contributed by atoms with van der Waals surface area (Å²) in [5, 5.41) is 5.05. The van der Waals surface area contributed by atoms with Crippen molar-refractivity contribution in [1.82, 2.24) is 10.4 Å². The third kappa shape index (κ3) is 4.27. The number of nitrogens with zero attached hydrogens (tertiary/aromatic N) is 2. The van der Waals surface area contributed by atoms with Gasteiger partial charge in [-0.25, -0.2) is 5.43 Å². The number of fused-ring (bicyclic) bond motifs is 1. The van der Waals surface area contributed by atoms with Crippen LogP contribution in [0.25, 0.3) is 10.9 Å². The van der Waals surface area contributed by atoms with Gasteiger partial charge in [0, 0.05) is 23.6 Å². The summed E-state index contributed by atoms with van der Waals surface area (Å²) in [7, 11) is 0. The number of quaternary nitrogens is 1. The summed E-state index contributed by atoms with van der Waals surface area (Å²) in [5.41, 5.74) is 8.12. The normalized spacial score (nSPS) is 12.7. The number of pyridine rings is 1. The van der Waals surface area contributed by atoms with Gasteiger partial charge in [-0.3, -0.25) is 9.78 Å². The molecule has 0 radical (unpaired) electrons. The van der Waals surface area contributed by atoms with E-state index in [2.05, 4.69) is 21.2 Å². The maximum Gasteiger partial charge on any atom is 0.298 e. The van der Waals surface area contributed by atoms with Gasteiger partial charge in [0.05, 0.1) is 11.7 Å². The Morgan fingerprint density at radius 1 is 1.48 bits per heavy atom. The lowest BCUT2D eigenvalue weighted by Crippen LogP contribution is -2.67. The molecule has 0 saturated heterocycles. The standard InChI is InChI=1S/C15H18N4OS/c1-21-9-7-13(16)15(20)19-18-10-12-5-2-4-11-6-3-8-17-14(11)12/h2-6,8,10,13H,7,9,16H2,1H3,(H,19,20)/p+1/b18-10-/t13-/m0/s1. The molecule has 1 aromatic carbocycles. The molecule has 1 aromatic heterocycles. The van der Waals surface area contributed by atoms with E-state index in [1.165, 1.54) is 0 Å². The Labute approximate surface area is 128 Å². The lowest BCUT2D eigenvalue weighted by Gasteiger charge is -2.05. The first-order chi connectivity index (χ1) is 10.2. The molecular formula is C15H19N4OS+. The van der Waals surface area contributed by atoms with Crippen LogP contribution in [-0.2, 0) is 4.79 Å². The van der Waals surface area contributed by atoms with Crippen LogP contribution >= 0.6 is 11.8 Å². The van der Waals surface area contributed by atoms with E-state index in [1.54, 1.807) is 24.2 Å². The van der Waals surface area contributed by atoms with Gasteiger partial charge in [-0.05, 0) is 18.1 Å². The summed E-state index contributed by atoms with van der Waals surface area (Å²) >= 11 is 1.70. The highest BCUT2D eigenvalue weighted by Gasteiger charge is 2.15. The number of hydrazone groups is 1. The predicted octanol–water partition coefficient (Wildman–Crippen LogP) is 1.05. The molecule has 0 spiro atoms. The van der Waals surface area contributed by atoms with Gasteiger partial charge in [-0.1, -0.05) is 24.3 Å². The number of hydrogen-bond acceptors (Lipinski definition) is 4. The second-order valence-electron chi connectivity index (χ2n) is 4.64. The third-order valence-corrected chi connectivity index (χ3v) is 3.73. The average molecular weight is 303 g/mol. The van der Waals surface area contributed by atoms with Crippen LogP contribution in [0.3, 0.4) is 0 Å². The van der Waals surface area contributed by atoms with Crippen molar-refractivity contribution in [2.75, 3.05) is 12.0 Å². The van der Waals surface area contributed by atoms with Crippen LogP contribution in [0.2, 0.25) is 0 Å². The Morgan fingerprint density at radius 3 is 3.10 bits per heavy atom. The fourth-order valence-electron chi connectivity index (χ4n) is 1.88. The Kier molecular flexibility index (Phi) is 5.71. The van der Waals surface area contributed by atoms with Crippen LogP contribution in [0.15, 0.2) is 41.6 Å². The van der Waals surface area contributed by atoms with Crippen LogP contribution in [-0.4, -0.2) is 35.2 Å². The zero-order valence-corrected chi connectivity index (χ0v) is 12.8. The minimum atomic E-state index is -0.278. The van der Waals surface area contributed by atoms with E-state index in [-0.39, 0.29) is 11.9 Å². The van der Waals surface area contributed by atoms with E-state index in [9.17, 15) is 4.79 Å². The van der Waals surface area contributed by atoms with Crippen molar-refractivity contribution in [3.63, 3.8) is 0 Å². The average Bonchev–Trinajstić information content (AvgIpc) is 2.52. The van der Waals surface area contributed by atoms with Crippen molar-refractivity contribution in [2.24, 2.45) is 5.10 Å². The molecule has 0 aliphatic carbocycles. The summed E-state index contributed by atoms with van der Waals surface area (Å²) in [5.74, 6) is 0.756. The highest BCUT2D eigenvalue weighted by atomic mass is 32.2. The number of carbonyl (C=O) groups is 1. The SMILES string of the molecule is CSCC[C@H]([NH3+])C(=O)N/N=C\c1cccc2cccnc12. The van der Waals surface area contributed by atoms with Crippen LogP contribution in [0.5, 0.6) is 0 Å². The molecule has 0 unspecified atom stereocenters. The maximum absolute atomic E-state index is 11.8. The highest BCUT2D eigenvalue weighted by Crippen LogP contribution is 2.13. The molecule has 6 heteroatoms. The van der Waals surface area contributed by atoms with E-state index in [1.807, 2.05) is 36.6 Å². The van der Waals surface area contributed by atoms with Gasteiger partial charge in [0.1, 0.15) is 0 Å². The molecule has 5 nitrogen and oxygen atoms in total. The lowest BCUT2D eigenvalue weighted by atomic mass is 10.1. The molecule has 0 aliphatic rings. The zero-order valence-electron chi connectivity index (χ0n) is 12.0. The number of thioether (sulfide) groups is 1. The first-order valence-electron chi connectivity index (χ1n) is 6.71. The van der Waals surface area contributed by atoms with Crippen molar-refractivity contribution < 1.29 is 10.5 Å². The Morgan fingerprint density at radius 2 is 2.29 bits per heavy atom. The molecule has 4 N–H and O–H groups in total. The lowest BCUT2D eigenvalue weighted by molar-refractivity contribution is -0.403. The number of para-hydroxylation sites is 1. The summed E-state index contributed by atoms with van der Waals surface area (Å²) in [6.07, 6.45) is 6.12. The van der Waals surface area contributed by atoms with Crippen LogP contribution in [0.4, 0.5) is 0 Å². The summed E-state index contributed by atoms with van der Waals surface area (Å²) in [6, 6.07) is 9.46. The van der Waals surface area contributed by atoms with E-state index >= 15 is 0 Å². The number of amides is 1. The predicted molar refractivity (Wildman–Crippen MR) is 87.2 cm³/mol. The molecule has 110 valence electrons. The molecule has 0 aliphatic heterocycles. The summed E-state index contributed by atoms with van der Waals surface area (Å²) in [4.78, 5) is 16.1. The van der Waals surface area contributed by atoms with E-state index in [0.717, 1.165) is 28.6 Å². The minimum Gasteiger partial charge on any atom is -0.347 e. The van der Waals surface area contributed by atoms with Crippen LogP contribution < -0.4 is 11.2 Å². The number of carbonyl (C=O) groups excluding carboxylic acids is 1. The fourth-order valence-corrected chi connectivity index (χ4v) is 2.40. The monoisotopic (exact) mass is 303 g/mol. The molecule has 1 heterocycles. The fraction of sp³-hybridized carbons (Fsp3) is 0.267. The van der Waals surface area contributed by atoms with Crippen molar-refractivity contribution in [2.45, 2.75) is 12.5 Å². The number of rotatable bonds is 6. The van der Waals surface area contributed by atoms with Crippen LogP contribution in [0.1, 0.15) is 12.0 Å². The number of nitrogens with one attached hydrogen (secondary N) is 1. The van der Waals surface area contributed by atoms with Gasteiger partial charge in [0.25, 0.3) is 5.91 Å². The quantitative estimate of drug-likeness (QED) is 0.618. The molecule has 0 saturated carbocycles. The van der Waals surface area contributed by atoms with Crippen molar-refractivity contribution in [3.8, 4) is 0 Å². The molecular weight excluding hydrogens is 284 g/mol. The van der Waals surface area contributed by atoms with Crippen LogP contribution in [0, 0.1) is 0 Å². The number of aromatic nitrogens is 1. The zero-order chi connectivity index (χ0) is 15.1. The Balaban J connectivity index is 2.02. The first kappa shape index (κ1) is 15.5. The van der Waals surface area contributed by atoms with E-state index < -0.39 is 0 Å². The van der Waals surface area contributed by atoms with Crippen molar-refractivity contribution in [1.29, 1.82) is 0 Å². The van der Waals surface area contributed by atoms with E-state index in [4.69, 9.17) is 0 Å². The molecule has 1 atom stereocenters.